The second-order valence-corrected chi connectivity index (χ2v) is 4.92. The Balaban J connectivity index is 2.26. The van der Waals surface area contributed by atoms with Crippen LogP contribution in [0.3, 0.4) is 0 Å². The van der Waals surface area contributed by atoms with Crippen molar-refractivity contribution in [2.24, 2.45) is 0 Å². The van der Waals surface area contributed by atoms with Crippen LogP contribution in [-0.4, -0.2) is 7.11 Å². The number of benzene rings is 2. The fraction of sp³-hybridized carbons (Fsp3) is 0.143. The molecule has 0 aliphatic carbocycles. The van der Waals surface area contributed by atoms with Gasteiger partial charge in [-0.15, -0.1) is 11.6 Å². The van der Waals surface area contributed by atoms with E-state index in [9.17, 15) is 0 Å². The van der Waals surface area contributed by atoms with E-state index in [4.69, 9.17) is 16.3 Å². The van der Waals surface area contributed by atoms with Gasteiger partial charge in [0.25, 0.3) is 0 Å². The maximum absolute atomic E-state index is 5.81. The van der Waals surface area contributed by atoms with Crippen LogP contribution in [-0.2, 0) is 5.88 Å². The highest BCUT2D eigenvalue weighted by Gasteiger charge is 2.05. The molecule has 0 aromatic heterocycles. The van der Waals surface area contributed by atoms with Crippen molar-refractivity contribution < 1.29 is 4.74 Å². The predicted molar refractivity (Wildman–Crippen MR) is 73.1 cm³/mol. The van der Waals surface area contributed by atoms with Gasteiger partial charge in [-0.3, -0.25) is 0 Å². The molecule has 2 aromatic rings. The molecule has 0 N–H and O–H groups in total. The standard InChI is InChI=1S/C14H13ClOS/c1-16-13-9-11(10-15)7-8-14(13)17-12-5-3-2-4-6-12/h2-9H,10H2,1H3. The molecule has 2 aromatic carbocycles. The van der Waals surface area contributed by atoms with Gasteiger partial charge in [0.05, 0.1) is 12.0 Å². The van der Waals surface area contributed by atoms with Crippen LogP contribution in [0, 0.1) is 0 Å². The average Bonchev–Trinajstić information content (AvgIpc) is 2.40. The minimum absolute atomic E-state index is 0.507. The van der Waals surface area contributed by atoms with Gasteiger partial charge in [-0.25, -0.2) is 0 Å². The van der Waals surface area contributed by atoms with Crippen LogP contribution in [0.4, 0.5) is 0 Å². The summed E-state index contributed by atoms with van der Waals surface area (Å²) < 4.78 is 5.38. The zero-order valence-electron chi connectivity index (χ0n) is 9.52. The number of halogens is 1. The quantitative estimate of drug-likeness (QED) is 0.748. The van der Waals surface area contributed by atoms with Gasteiger partial charge in [-0.1, -0.05) is 36.0 Å². The Hall–Kier alpha value is -1.12. The maximum Gasteiger partial charge on any atom is 0.133 e. The molecule has 1 nitrogen and oxygen atoms in total. The van der Waals surface area contributed by atoms with Crippen molar-refractivity contribution in [3.8, 4) is 5.75 Å². The van der Waals surface area contributed by atoms with Crippen LogP contribution in [0.2, 0.25) is 0 Å². The fourth-order valence-electron chi connectivity index (χ4n) is 1.49. The molecule has 3 heteroatoms. The molecule has 2 rings (SSSR count). The maximum atomic E-state index is 5.81. The van der Waals surface area contributed by atoms with Gasteiger partial charge in [-0.2, -0.15) is 0 Å². The van der Waals surface area contributed by atoms with Crippen molar-refractivity contribution in [2.75, 3.05) is 7.11 Å². The Morgan fingerprint density at radius 2 is 1.88 bits per heavy atom. The zero-order chi connectivity index (χ0) is 12.1. The van der Waals surface area contributed by atoms with Gasteiger partial charge in [0, 0.05) is 10.8 Å². The van der Waals surface area contributed by atoms with Gasteiger partial charge in [0.1, 0.15) is 5.75 Å². The first-order valence-electron chi connectivity index (χ1n) is 5.29. The minimum atomic E-state index is 0.507. The van der Waals surface area contributed by atoms with Crippen LogP contribution in [0.15, 0.2) is 58.3 Å². The van der Waals surface area contributed by atoms with E-state index in [1.54, 1.807) is 18.9 Å². The highest BCUT2D eigenvalue weighted by Crippen LogP contribution is 2.35. The summed E-state index contributed by atoms with van der Waals surface area (Å²) in [6.07, 6.45) is 0. The molecule has 0 amide bonds. The molecule has 0 saturated carbocycles. The summed E-state index contributed by atoms with van der Waals surface area (Å²) in [6.45, 7) is 0. The Labute approximate surface area is 111 Å². The third-order valence-electron chi connectivity index (χ3n) is 2.35. The monoisotopic (exact) mass is 264 g/mol. The van der Waals surface area contributed by atoms with E-state index in [1.165, 1.54) is 4.90 Å². The molecule has 0 fully saturated rings. The van der Waals surface area contributed by atoms with E-state index >= 15 is 0 Å². The lowest BCUT2D eigenvalue weighted by Gasteiger charge is -2.09. The van der Waals surface area contributed by atoms with Crippen LogP contribution in [0.5, 0.6) is 5.75 Å². The van der Waals surface area contributed by atoms with Gasteiger partial charge in [0.2, 0.25) is 0 Å². The molecule has 0 aliphatic rings. The molecule has 0 atom stereocenters. The normalized spacial score (nSPS) is 10.2. The summed E-state index contributed by atoms with van der Waals surface area (Å²) in [5.74, 6) is 1.38. The number of hydrogen-bond donors (Lipinski definition) is 0. The highest BCUT2D eigenvalue weighted by atomic mass is 35.5. The Bertz CT molecular complexity index is 485. The van der Waals surface area contributed by atoms with Crippen molar-refractivity contribution in [1.82, 2.24) is 0 Å². The molecule has 17 heavy (non-hydrogen) atoms. The second kappa shape index (κ2) is 5.99. The molecule has 0 heterocycles. The number of methoxy groups -OCH3 is 1. The van der Waals surface area contributed by atoms with E-state index in [1.807, 2.05) is 36.4 Å². The Morgan fingerprint density at radius 3 is 2.53 bits per heavy atom. The lowest BCUT2D eigenvalue weighted by molar-refractivity contribution is 0.404. The van der Waals surface area contributed by atoms with E-state index in [0.29, 0.717) is 5.88 Å². The van der Waals surface area contributed by atoms with Crippen molar-refractivity contribution in [1.29, 1.82) is 0 Å². The number of rotatable bonds is 4. The predicted octanol–water partition coefficient (Wildman–Crippen LogP) is 4.59. The van der Waals surface area contributed by atoms with Gasteiger partial charge in [-0.05, 0) is 29.8 Å². The highest BCUT2D eigenvalue weighted by molar-refractivity contribution is 7.99. The summed E-state index contributed by atoms with van der Waals surface area (Å²) in [4.78, 5) is 2.30. The molecule has 0 radical (unpaired) electrons. The lowest BCUT2D eigenvalue weighted by Crippen LogP contribution is -1.88. The second-order valence-electron chi connectivity index (χ2n) is 3.53. The summed E-state index contributed by atoms with van der Waals surface area (Å²) in [6, 6.07) is 16.3. The van der Waals surface area contributed by atoms with E-state index in [-0.39, 0.29) is 0 Å². The van der Waals surface area contributed by atoms with Crippen molar-refractivity contribution in [3.63, 3.8) is 0 Å². The Morgan fingerprint density at radius 1 is 1.12 bits per heavy atom. The molecule has 0 bridgehead atoms. The molecular weight excluding hydrogens is 252 g/mol. The molecular formula is C14H13ClOS. The first-order valence-corrected chi connectivity index (χ1v) is 6.64. The molecule has 0 aliphatic heterocycles. The first-order chi connectivity index (χ1) is 8.33. The van der Waals surface area contributed by atoms with Crippen LogP contribution in [0.25, 0.3) is 0 Å². The topological polar surface area (TPSA) is 9.23 Å². The minimum Gasteiger partial charge on any atom is -0.496 e. The smallest absolute Gasteiger partial charge is 0.133 e. The van der Waals surface area contributed by atoms with Crippen molar-refractivity contribution in [2.45, 2.75) is 15.7 Å². The van der Waals surface area contributed by atoms with E-state index < -0.39 is 0 Å². The summed E-state index contributed by atoms with van der Waals surface area (Å²) >= 11 is 7.50. The molecule has 0 spiro atoms. The molecule has 0 saturated heterocycles. The Kier molecular flexibility index (Phi) is 4.35. The van der Waals surface area contributed by atoms with Gasteiger partial charge >= 0.3 is 0 Å². The summed E-state index contributed by atoms with van der Waals surface area (Å²) in [5, 5.41) is 0. The number of ether oxygens (including phenoxy) is 1. The largest absolute Gasteiger partial charge is 0.496 e. The average molecular weight is 265 g/mol. The number of alkyl halides is 1. The SMILES string of the molecule is COc1cc(CCl)ccc1Sc1ccccc1. The fourth-order valence-corrected chi connectivity index (χ4v) is 2.59. The van der Waals surface area contributed by atoms with Crippen LogP contribution >= 0.6 is 23.4 Å². The van der Waals surface area contributed by atoms with Gasteiger partial charge < -0.3 is 4.74 Å². The first kappa shape index (κ1) is 12.3. The summed E-state index contributed by atoms with van der Waals surface area (Å²) in [5.41, 5.74) is 1.07. The zero-order valence-corrected chi connectivity index (χ0v) is 11.1. The van der Waals surface area contributed by atoms with Crippen molar-refractivity contribution in [3.05, 3.63) is 54.1 Å². The van der Waals surface area contributed by atoms with Crippen LogP contribution in [0.1, 0.15) is 5.56 Å². The molecule has 0 unspecified atom stereocenters. The van der Waals surface area contributed by atoms with Crippen LogP contribution < -0.4 is 4.74 Å². The van der Waals surface area contributed by atoms with Crippen molar-refractivity contribution >= 4 is 23.4 Å². The molecule has 88 valence electrons. The van der Waals surface area contributed by atoms with E-state index in [0.717, 1.165) is 16.2 Å². The third kappa shape index (κ3) is 3.18. The summed E-state index contributed by atoms with van der Waals surface area (Å²) in [7, 11) is 1.68. The number of hydrogen-bond acceptors (Lipinski definition) is 2. The van der Waals surface area contributed by atoms with E-state index in [2.05, 4.69) is 12.1 Å². The lowest BCUT2D eigenvalue weighted by atomic mass is 10.2. The third-order valence-corrected chi connectivity index (χ3v) is 3.73. The van der Waals surface area contributed by atoms with Gasteiger partial charge in [0.15, 0.2) is 0 Å².